The summed E-state index contributed by atoms with van der Waals surface area (Å²) >= 11 is 1.73. The van der Waals surface area contributed by atoms with Gasteiger partial charge in [-0.1, -0.05) is 6.07 Å². The minimum absolute atomic E-state index is 0.0496. The second kappa shape index (κ2) is 6.01. The number of thiophene rings is 1. The van der Waals surface area contributed by atoms with Crippen LogP contribution in [0.25, 0.3) is 0 Å². The molecule has 0 unspecified atom stereocenters. The lowest BCUT2D eigenvalue weighted by Gasteiger charge is -2.18. The molecule has 0 aliphatic carbocycles. The molecule has 0 aliphatic rings. The van der Waals surface area contributed by atoms with Gasteiger partial charge in [0, 0.05) is 11.3 Å². The molecule has 0 bridgehead atoms. The Kier molecular flexibility index (Phi) is 4.96. The largest absolute Gasteiger partial charge is 0.273 e. The SMILES string of the molecule is CC(C)(C)ONC(=O)CCCc1cccs1. The first kappa shape index (κ1) is 13.2. The first-order chi connectivity index (χ1) is 7.47. The molecule has 1 aromatic heterocycles. The highest BCUT2D eigenvalue weighted by Gasteiger charge is 2.12. The number of amides is 1. The number of aryl methyl sites for hydroxylation is 1. The third kappa shape index (κ3) is 5.88. The van der Waals surface area contributed by atoms with Crippen LogP contribution >= 0.6 is 11.3 Å². The number of hydroxylamine groups is 1. The minimum Gasteiger partial charge on any atom is -0.273 e. The topological polar surface area (TPSA) is 38.3 Å². The third-order valence-corrected chi connectivity index (χ3v) is 2.81. The summed E-state index contributed by atoms with van der Waals surface area (Å²) in [5, 5.41) is 2.05. The Labute approximate surface area is 101 Å². The van der Waals surface area contributed by atoms with Crippen LogP contribution in [0.1, 0.15) is 38.5 Å². The third-order valence-electron chi connectivity index (χ3n) is 1.88. The number of carbonyl (C=O) groups excluding carboxylic acids is 1. The molecule has 1 rings (SSSR count). The summed E-state index contributed by atoms with van der Waals surface area (Å²) in [6, 6.07) is 4.12. The van der Waals surface area contributed by atoms with Gasteiger partial charge in [0.25, 0.3) is 0 Å². The van der Waals surface area contributed by atoms with Gasteiger partial charge in [0.1, 0.15) is 0 Å². The van der Waals surface area contributed by atoms with E-state index in [4.69, 9.17) is 4.84 Å². The highest BCUT2D eigenvalue weighted by atomic mass is 32.1. The molecule has 0 aromatic carbocycles. The fourth-order valence-corrected chi connectivity index (χ4v) is 1.89. The number of carbonyl (C=O) groups is 1. The van der Waals surface area contributed by atoms with Crippen molar-refractivity contribution in [3.05, 3.63) is 22.4 Å². The molecule has 1 heterocycles. The van der Waals surface area contributed by atoms with E-state index in [-0.39, 0.29) is 11.5 Å². The van der Waals surface area contributed by atoms with E-state index in [1.165, 1.54) is 4.88 Å². The Hall–Kier alpha value is -0.870. The van der Waals surface area contributed by atoms with Crippen LogP contribution in [0, 0.1) is 0 Å². The van der Waals surface area contributed by atoms with E-state index in [0.717, 1.165) is 12.8 Å². The maximum absolute atomic E-state index is 11.4. The number of hydrogen-bond donors (Lipinski definition) is 1. The van der Waals surface area contributed by atoms with Crippen molar-refractivity contribution >= 4 is 17.2 Å². The normalized spacial score (nSPS) is 11.4. The molecule has 0 radical (unpaired) electrons. The van der Waals surface area contributed by atoms with Gasteiger partial charge >= 0.3 is 0 Å². The highest BCUT2D eigenvalue weighted by molar-refractivity contribution is 7.09. The van der Waals surface area contributed by atoms with Gasteiger partial charge in [-0.2, -0.15) is 0 Å². The van der Waals surface area contributed by atoms with Crippen molar-refractivity contribution in [2.24, 2.45) is 0 Å². The van der Waals surface area contributed by atoms with E-state index in [0.29, 0.717) is 6.42 Å². The summed E-state index contributed by atoms with van der Waals surface area (Å²) in [7, 11) is 0. The lowest BCUT2D eigenvalue weighted by Crippen LogP contribution is -2.33. The van der Waals surface area contributed by atoms with Crippen LogP contribution in [-0.2, 0) is 16.1 Å². The van der Waals surface area contributed by atoms with Crippen LogP contribution in [0.3, 0.4) is 0 Å². The fourth-order valence-electron chi connectivity index (χ4n) is 1.14. The van der Waals surface area contributed by atoms with Crippen LogP contribution in [0.2, 0.25) is 0 Å². The van der Waals surface area contributed by atoms with Crippen molar-refractivity contribution in [3.8, 4) is 0 Å². The number of rotatable bonds is 5. The minimum atomic E-state index is -0.330. The Bertz CT molecular complexity index is 314. The molecule has 1 N–H and O–H groups in total. The van der Waals surface area contributed by atoms with Crippen molar-refractivity contribution in [3.63, 3.8) is 0 Å². The van der Waals surface area contributed by atoms with Crippen LogP contribution in [0.4, 0.5) is 0 Å². The van der Waals surface area contributed by atoms with E-state index < -0.39 is 0 Å². The summed E-state index contributed by atoms with van der Waals surface area (Å²) in [4.78, 5) is 17.9. The zero-order valence-electron chi connectivity index (χ0n) is 10.1. The van der Waals surface area contributed by atoms with Gasteiger partial charge in [-0.15, -0.1) is 11.3 Å². The zero-order chi connectivity index (χ0) is 12.0. The van der Waals surface area contributed by atoms with Crippen LogP contribution in [-0.4, -0.2) is 11.5 Å². The second-order valence-corrected chi connectivity index (χ2v) is 5.70. The van der Waals surface area contributed by atoms with Gasteiger partial charge in [0.15, 0.2) is 0 Å². The fraction of sp³-hybridized carbons (Fsp3) is 0.583. The van der Waals surface area contributed by atoms with Gasteiger partial charge < -0.3 is 0 Å². The lowest BCUT2D eigenvalue weighted by molar-refractivity contribution is -0.145. The van der Waals surface area contributed by atoms with Crippen LogP contribution in [0.15, 0.2) is 17.5 Å². The molecule has 0 spiro atoms. The van der Waals surface area contributed by atoms with E-state index in [1.54, 1.807) is 11.3 Å². The molecule has 0 saturated heterocycles. The predicted molar refractivity (Wildman–Crippen MR) is 66.2 cm³/mol. The summed E-state index contributed by atoms with van der Waals surface area (Å²) < 4.78 is 0. The number of hydrogen-bond acceptors (Lipinski definition) is 3. The van der Waals surface area contributed by atoms with E-state index in [9.17, 15) is 4.79 Å². The maximum atomic E-state index is 11.4. The molecular weight excluding hydrogens is 222 g/mol. The molecule has 0 atom stereocenters. The van der Waals surface area contributed by atoms with Gasteiger partial charge in [-0.05, 0) is 45.1 Å². The molecule has 0 saturated carbocycles. The second-order valence-electron chi connectivity index (χ2n) is 4.67. The van der Waals surface area contributed by atoms with Crippen molar-refractivity contribution in [2.75, 3.05) is 0 Å². The monoisotopic (exact) mass is 241 g/mol. The van der Waals surface area contributed by atoms with Crippen LogP contribution in [0.5, 0.6) is 0 Å². The molecule has 0 fully saturated rings. The van der Waals surface area contributed by atoms with Crippen molar-refractivity contribution in [1.82, 2.24) is 5.48 Å². The van der Waals surface area contributed by atoms with Crippen LogP contribution < -0.4 is 5.48 Å². The van der Waals surface area contributed by atoms with E-state index >= 15 is 0 Å². The molecule has 1 aromatic rings. The smallest absolute Gasteiger partial charge is 0.243 e. The Morgan fingerprint density at radius 3 is 2.81 bits per heavy atom. The zero-order valence-corrected chi connectivity index (χ0v) is 10.9. The first-order valence-electron chi connectivity index (χ1n) is 5.46. The van der Waals surface area contributed by atoms with Gasteiger partial charge in [0.05, 0.1) is 5.60 Å². The van der Waals surface area contributed by atoms with Gasteiger partial charge in [-0.3, -0.25) is 9.63 Å². The van der Waals surface area contributed by atoms with Gasteiger partial charge in [0.2, 0.25) is 5.91 Å². The Morgan fingerprint density at radius 1 is 1.50 bits per heavy atom. The average Bonchev–Trinajstić information content (AvgIpc) is 2.66. The lowest BCUT2D eigenvalue weighted by atomic mass is 10.2. The summed E-state index contributed by atoms with van der Waals surface area (Å²) in [6.07, 6.45) is 2.33. The molecule has 0 aliphatic heterocycles. The standard InChI is InChI=1S/C12H19NO2S/c1-12(2,3)15-13-11(14)8-4-6-10-7-5-9-16-10/h5,7,9H,4,6,8H2,1-3H3,(H,13,14). The average molecular weight is 241 g/mol. The molecule has 4 heteroatoms. The van der Waals surface area contributed by atoms with Crippen molar-refractivity contribution < 1.29 is 9.63 Å². The molecule has 1 amide bonds. The molecule has 90 valence electrons. The maximum Gasteiger partial charge on any atom is 0.243 e. The Morgan fingerprint density at radius 2 is 2.25 bits per heavy atom. The summed E-state index contributed by atoms with van der Waals surface area (Å²) in [5.41, 5.74) is 2.14. The summed E-state index contributed by atoms with van der Waals surface area (Å²) in [6.45, 7) is 5.71. The number of nitrogens with one attached hydrogen (secondary N) is 1. The van der Waals surface area contributed by atoms with Gasteiger partial charge in [-0.25, -0.2) is 5.48 Å². The molecular formula is C12H19NO2S. The van der Waals surface area contributed by atoms with Crippen molar-refractivity contribution in [2.45, 2.75) is 45.6 Å². The van der Waals surface area contributed by atoms with Crippen molar-refractivity contribution in [1.29, 1.82) is 0 Å². The van der Waals surface area contributed by atoms with E-state index in [1.807, 2.05) is 26.8 Å². The molecule has 3 nitrogen and oxygen atoms in total. The predicted octanol–water partition coefficient (Wildman–Crippen LogP) is 2.92. The Balaban J connectivity index is 2.11. The quantitative estimate of drug-likeness (QED) is 0.805. The van der Waals surface area contributed by atoms with E-state index in [2.05, 4.69) is 16.9 Å². The highest BCUT2D eigenvalue weighted by Crippen LogP contribution is 2.12. The molecule has 16 heavy (non-hydrogen) atoms. The first-order valence-corrected chi connectivity index (χ1v) is 6.34. The summed E-state index contributed by atoms with van der Waals surface area (Å²) in [5.74, 6) is -0.0496.